The number of aryl methyl sites for hydroxylation is 1. The predicted octanol–water partition coefficient (Wildman–Crippen LogP) is 4.37. The third-order valence-electron chi connectivity index (χ3n) is 2.43. The first-order valence-electron chi connectivity index (χ1n) is 5.24. The van der Waals surface area contributed by atoms with Gasteiger partial charge in [0.2, 0.25) is 0 Å². The molecule has 0 saturated carbocycles. The molecule has 2 aromatic rings. The van der Waals surface area contributed by atoms with Crippen molar-refractivity contribution in [2.45, 2.75) is 19.9 Å². The van der Waals surface area contributed by atoms with Gasteiger partial charge in [0, 0.05) is 9.26 Å². The quantitative estimate of drug-likeness (QED) is 0.847. The first-order chi connectivity index (χ1) is 7.66. The van der Waals surface area contributed by atoms with Gasteiger partial charge in [-0.2, -0.15) is 0 Å². The largest absolute Gasteiger partial charge is 0.464 e. The maximum absolute atomic E-state index is 5.59. The van der Waals surface area contributed by atoms with E-state index in [4.69, 9.17) is 4.42 Å². The van der Waals surface area contributed by atoms with Crippen molar-refractivity contribution in [3.8, 4) is 0 Å². The maximum atomic E-state index is 5.59. The Hall–Kier alpha value is -0.970. The van der Waals surface area contributed by atoms with Crippen molar-refractivity contribution in [1.29, 1.82) is 0 Å². The average molecular weight is 327 g/mol. The zero-order chi connectivity index (χ0) is 11.5. The van der Waals surface area contributed by atoms with E-state index in [0.717, 1.165) is 17.2 Å². The Bertz CT molecular complexity index is 478. The van der Waals surface area contributed by atoms with Gasteiger partial charge in [-0.25, -0.2) is 0 Å². The summed E-state index contributed by atoms with van der Waals surface area (Å²) in [7, 11) is 0. The summed E-state index contributed by atoms with van der Waals surface area (Å²) in [6.45, 7) is 4.06. The summed E-state index contributed by atoms with van der Waals surface area (Å²) >= 11 is 2.33. The summed E-state index contributed by atoms with van der Waals surface area (Å²) < 4.78 is 6.81. The monoisotopic (exact) mass is 327 g/mol. The van der Waals surface area contributed by atoms with Crippen LogP contribution in [0.2, 0.25) is 0 Å². The molecule has 3 heteroatoms. The normalized spacial score (nSPS) is 12.4. The van der Waals surface area contributed by atoms with Crippen LogP contribution in [-0.4, -0.2) is 0 Å². The Balaban J connectivity index is 2.13. The van der Waals surface area contributed by atoms with E-state index in [1.165, 1.54) is 3.57 Å². The number of para-hydroxylation sites is 1. The number of furan rings is 1. The lowest BCUT2D eigenvalue weighted by Crippen LogP contribution is -2.06. The van der Waals surface area contributed by atoms with Crippen LogP contribution in [0.5, 0.6) is 0 Å². The number of hydrogen-bond donors (Lipinski definition) is 1. The smallest absolute Gasteiger partial charge is 0.126 e. The van der Waals surface area contributed by atoms with Crippen molar-refractivity contribution in [1.82, 2.24) is 0 Å². The van der Waals surface area contributed by atoms with Crippen molar-refractivity contribution in [3.63, 3.8) is 0 Å². The van der Waals surface area contributed by atoms with Crippen LogP contribution in [0.25, 0.3) is 0 Å². The molecule has 1 unspecified atom stereocenters. The SMILES string of the molecule is Cc1ccc(C(C)Nc2ccccc2I)o1. The molecule has 0 amide bonds. The fourth-order valence-electron chi connectivity index (χ4n) is 1.57. The second kappa shape index (κ2) is 4.91. The van der Waals surface area contributed by atoms with Crippen LogP contribution in [-0.2, 0) is 0 Å². The highest BCUT2D eigenvalue weighted by Gasteiger charge is 2.10. The Morgan fingerprint density at radius 1 is 1.19 bits per heavy atom. The summed E-state index contributed by atoms with van der Waals surface area (Å²) in [5.74, 6) is 1.92. The van der Waals surface area contributed by atoms with Crippen LogP contribution in [0.15, 0.2) is 40.8 Å². The van der Waals surface area contributed by atoms with Crippen molar-refractivity contribution < 1.29 is 4.42 Å². The van der Waals surface area contributed by atoms with Crippen molar-refractivity contribution in [3.05, 3.63) is 51.5 Å². The second-order valence-corrected chi connectivity index (χ2v) is 4.96. The van der Waals surface area contributed by atoms with Crippen molar-refractivity contribution in [2.75, 3.05) is 5.32 Å². The molecule has 16 heavy (non-hydrogen) atoms. The Morgan fingerprint density at radius 3 is 2.56 bits per heavy atom. The van der Waals surface area contributed by atoms with Gasteiger partial charge in [0.15, 0.2) is 0 Å². The second-order valence-electron chi connectivity index (χ2n) is 3.79. The number of benzene rings is 1. The number of hydrogen-bond acceptors (Lipinski definition) is 2. The molecule has 0 radical (unpaired) electrons. The van der Waals surface area contributed by atoms with Crippen LogP contribution in [0.3, 0.4) is 0 Å². The first-order valence-corrected chi connectivity index (χ1v) is 6.32. The highest BCUT2D eigenvalue weighted by atomic mass is 127. The maximum Gasteiger partial charge on any atom is 0.126 e. The minimum atomic E-state index is 0.185. The summed E-state index contributed by atoms with van der Waals surface area (Å²) in [6.07, 6.45) is 0. The van der Waals surface area contributed by atoms with E-state index in [1.54, 1.807) is 0 Å². The van der Waals surface area contributed by atoms with E-state index < -0.39 is 0 Å². The molecule has 0 aliphatic carbocycles. The molecule has 2 nitrogen and oxygen atoms in total. The highest BCUT2D eigenvalue weighted by Crippen LogP contribution is 2.24. The third-order valence-corrected chi connectivity index (χ3v) is 3.37. The predicted molar refractivity (Wildman–Crippen MR) is 74.6 cm³/mol. The molecule has 1 atom stereocenters. The van der Waals surface area contributed by atoms with E-state index in [0.29, 0.717) is 0 Å². The zero-order valence-corrected chi connectivity index (χ0v) is 11.5. The molecule has 84 valence electrons. The lowest BCUT2D eigenvalue weighted by Gasteiger charge is -2.14. The number of nitrogens with one attached hydrogen (secondary N) is 1. The fourth-order valence-corrected chi connectivity index (χ4v) is 2.11. The van der Waals surface area contributed by atoms with Crippen molar-refractivity contribution >= 4 is 28.3 Å². The molecule has 0 saturated heterocycles. The topological polar surface area (TPSA) is 25.2 Å². The molecule has 1 heterocycles. The van der Waals surface area contributed by atoms with Crippen LogP contribution < -0.4 is 5.32 Å². The van der Waals surface area contributed by atoms with Crippen molar-refractivity contribution in [2.24, 2.45) is 0 Å². The van der Waals surface area contributed by atoms with Gasteiger partial charge in [0.25, 0.3) is 0 Å². The summed E-state index contributed by atoms with van der Waals surface area (Å²) in [5.41, 5.74) is 1.14. The Kier molecular flexibility index (Phi) is 3.53. The van der Waals surface area contributed by atoms with Gasteiger partial charge in [0.1, 0.15) is 11.5 Å². The van der Waals surface area contributed by atoms with Gasteiger partial charge >= 0.3 is 0 Å². The van der Waals surface area contributed by atoms with Crippen LogP contribution in [0.1, 0.15) is 24.5 Å². The van der Waals surface area contributed by atoms with E-state index in [1.807, 2.05) is 31.2 Å². The molecule has 0 aliphatic rings. The Labute approximate surface area is 109 Å². The molecule has 1 aromatic carbocycles. The van der Waals surface area contributed by atoms with E-state index in [9.17, 15) is 0 Å². The standard InChI is InChI=1S/C13H14INO/c1-9-7-8-13(16-9)10(2)15-12-6-4-3-5-11(12)14/h3-8,10,15H,1-2H3. The molecule has 1 N–H and O–H groups in total. The van der Waals surface area contributed by atoms with Gasteiger partial charge in [-0.3, -0.25) is 0 Å². The van der Waals surface area contributed by atoms with Crippen LogP contribution in [0, 0.1) is 10.5 Å². The first kappa shape index (κ1) is 11.5. The van der Waals surface area contributed by atoms with E-state index >= 15 is 0 Å². The van der Waals surface area contributed by atoms with E-state index in [2.05, 4.69) is 47.0 Å². The zero-order valence-electron chi connectivity index (χ0n) is 9.33. The summed E-state index contributed by atoms with van der Waals surface area (Å²) in [6, 6.07) is 12.4. The molecular weight excluding hydrogens is 313 g/mol. The average Bonchev–Trinajstić information content (AvgIpc) is 2.68. The number of halogens is 1. The Morgan fingerprint density at radius 2 is 1.94 bits per heavy atom. The number of anilines is 1. The molecular formula is C13H14INO. The summed E-state index contributed by atoms with van der Waals surface area (Å²) in [5, 5.41) is 3.44. The lowest BCUT2D eigenvalue weighted by atomic mass is 10.2. The van der Waals surface area contributed by atoms with Gasteiger partial charge in [-0.05, 0) is 60.7 Å². The molecule has 2 rings (SSSR count). The molecule has 0 spiro atoms. The molecule has 0 aliphatic heterocycles. The molecule has 0 bridgehead atoms. The van der Waals surface area contributed by atoms with Crippen LogP contribution >= 0.6 is 22.6 Å². The highest BCUT2D eigenvalue weighted by molar-refractivity contribution is 14.1. The third kappa shape index (κ3) is 2.58. The van der Waals surface area contributed by atoms with Gasteiger partial charge in [-0.1, -0.05) is 12.1 Å². The number of rotatable bonds is 3. The fraction of sp³-hybridized carbons (Fsp3) is 0.231. The van der Waals surface area contributed by atoms with Crippen LogP contribution in [0.4, 0.5) is 5.69 Å². The van der Waals surface area contributed by atoms with Gasteiger partial charge in [-0.15, -0.1) is 0 Å². The van der Waals surface area contributed by atoms with Gasteiger partial charge in [0.05, 0.1) is 6.04 Å². The van der Waals surface area contributed by atoms with E-state index in [-0.39, 0.29) is 6.04 Å². The molecule has 0 fully saturated rings. The molecule has 1 aromatic heterocycles. The minimum absolute atomic E-state index is 0.185. The summed E-state index contributed by atoms with van der Waals surface area (Å²) in [4.78, 5) is 0. The lowest BCUT2D eigenvalue weighted by molar-refractivity contribution is 0.467. The minimum Gasteiger partial charge on any atom is -0.464 e. The van der Waals surface area contributed by atoms with Gasteiger partial charge < -0.3 is 9.73 Å².